The molecular weight excluding hydrogens is 386 g/mol. The zero-order valence-electron chi connectivity index (χ0n) is 19.2. The lowest BCUT2D eigenvalue weighted by molar-refractivity contribution is -0.113. The highest BCUT2D eigenvalue weighted by molar-refractivity contribution is 6.16. The summed E-state index contributed by atoms with van der Waals surface area (Å²) in [5, 5.41) is 9.42. The fourth-order valence-electron chi connectivity index (χ4n) is 3.85. The summed E-state index contributed by atoms with van der Waals surface area (Å²) in [4.78, 5) is 24.7. The third-order valence-electron chi connectivity index (χ3n) is 5.55. The number of hydrogen-bond donors (Lipinski definition) is 1. The Balaban J connectivity index is 2.08. The molecule has 1 aliphatic rings. The van der Waals surface area contributed by atoms with E-state index in [-0.39, 0.29) is 5.41 Å². The number of imide groups is 1. The first-order valence-electron chi connectivity index (χ1n) is 10.7. The monoisotopic (exact) mass is 419 g/mol. The van der Waals surface area contributed by atoms with Crippen LogP contribution in [-0.2, 0) is 4.79 Å². The summed E-state index contributed by atoms with van der Waals surface area (Å²) in [7, 11) is 0. The molecule has 4 heteroatoms. The van der Waals surface area contributed by atoms with Crippen LogP contribution in [0.3, 0.4) is 0 Å². The van der Waals surface area contributed by atoms with Gasteiger partial charge in [0.1, 0.15) is 0 Å². The molecule has 0 radical (unpaired) electrons. The fraction of sp³-hybridized carbons (Fsp3) is 0.333. The van der Waals surface area contributed by atoms with E-state index in [9.17, 15) is 14.7 Å². The Labute approximate surface area is 186 Å². The number of amides is 2. The molecule has 1 aromatic carbocycles. The van der Waals surface area contributed by atoms with Gasteiger partial charge in [-0.05, 0) is 68.7 Å². The average Bonchev–Trinajstić information content (AvgIpc) is 2.67. The van der Waals surface area contributed by atoms with Crippen molar-refractivity contribution in [2.24, 2.45) is 5.41 Å². The van der Waals surface area contributed by atoms with E-state index < -0.39 is 12.0 Å². The van der Waals surface area contributed by atoms with Crippen LogP contribution in [0.1, 0.15) is 53.9 Å². The Kier molecular flexibility index (Phi) is 8.38. The second-order valence-corrected chi connectivity index (χ2v) is 8.71. The molecule has 2 rings (SSSR count). The molecule has 0 atom stereocenters. The molecule has 0 fully saturated rings. The Bertz CT molecular complexity index is 959. The van der Waals surface area contributed by atoms with Gasteiger partial charge in [-0.2, -0.15) is 0 Å². The number of hydrogen-bond acceptors (Lipinski definition) is 2. The summed E-state index contributed by atoms with van der Waals surface area (Å²) in [6, 6.07) is 8.35. The minimum Gasteiger partial charge on any atom is -0.464 e. The second-order valence-electron chi connectivity index (χ2n) is 8.71. The van der Waals surface area contributed by atoms with Crippen molar-refractivity contribution in [1.29, 1.82) is 0 Å². The van der Waals surface area contributed by atoms with E-state index in [1.54, 1.807) is 43.3 Å². The molecule has 2 amide bonds. The predicted octanol–water partition coefficient (Wildman–Crippen LogP) is 7.23. The molecule has 1 aliphatic carbocycles. The fourth-order valence-corrected chi connectivity index (χ4v) is 3.85. The molecule has 0 unspecified atom stereocenters. The third kappa shape index (κ3) is 6.95. The molecule has 0 aromatic heterocycles. The zero-order valence-corrected chi connectivity index (χ0v) is 19.2. The first kappa shape index (κ1) is 24.1. The van der Waals surface area contributed by atoms with Crippen LogP contribution in [0.15, 0.2) is 89.1 Å². The number of rotatable bonds is 6. The topological polar surface area (TPSA) is 57.6 Å². The molecular formula is C27H33NO3. The van der Waals surface area contributed by atoms with Crippen molar-refractivity contribution in [2.45, 2.75) is 53.9 Å². The molecule has 164 valence electrons. The van der Waals surface area contributed by atoms with Crippen LogP contribution in [-0.4, -0.2) is 17.1 Å². The molecule has 0 spiro atoms. The Morgan fingerprint density at radius 2 is 1.74 bits per heavy atom. The van der Waals surface area contributed by atoms with Crippen LogP contribution >= 0.6 is 0 Å². The van der Waals surface area contributed by atoms with Gasteiger partial charge in [-0.1, -0.05) is 73.6 Å². The van der Waals surface area contributed by atoms with Crippen molar-refractivity contribution < 1.29 is 14.7 Å². The van der Waals surface area contributed by atoms with Crippen LogP contribution in [0.5, 0.6) is 0 Å². The third-order valence-corrected chi connectivity index (χ3v) is 5.55. The maximum atomic E-state index is 12.5. The van der Waals surface area contributed by atoms with Gasteiger partial charge >= 0.3 is 6.09 Å². The van der Waals surface area contributed by atoms with Crippen LogP contribution in [0.25, 0.3) is 0 Å². The van der Waals surface area contributed by atoms with Gasteiger partial charge in [0, 0.05) is 6.08 Å². The Hall–Kier alpha value is -3.14. The quantitative estimate of drug-likeness (QED) is 0.391. The van der Waals surface area contributed by atoms with E-state index in [0.717, 1.165) is 10.5 Å². The minimum absolute atomic E-state index is 0.212. The van der Waals surface area contributed by atoms with E-state index in [0.29, 0.717) is 11.3 Å². The van der Waals surface area contributed by atoms with Crippen molar-refractivity contribution in [3.63, 3.8) is 0 Å². The van der Waals surface area contributed by atoms with Gasteiger partial charge in [-0.15, -0.1) is 0 Å². The molecule has 4 nitrogen and oxygen atoms in total. The molecule has 1 aromatic rings. The maximum absolute atomic E-state index is 12.5. The van der Waals surface area contributed by atoms with E-state index >= 15 is 0 Å². The number of para-hydroxylation sites is 1. The number of carboxylic acid groups (broad SMARTS) is 1. The van der Waals surface area contributed by atoms with Gasteiger partial charge in [-0.25, -0.2) is 9.69 Å². The smallest absolute Gasteiger partial charge is 0.419 e. The highest BCUT2D eigenvalue weighted by Crippen LogP contribution is 2.40. The summed E-state index contributed by atoms with van der Waals surface area (Å²) < 4.78 is 0. The average molecular weight is 420 g/mol. The van der Waals surface area contributed by atoms with Crippen molar-refractivity contribution >= 4 is 17.7 Å². The summed E-state index contributed by atoms with van der Waals surface area (Å²) >= 11 is 0. The second kappa shape index (κ2) is 10.8. The van der Waals surface area contributed by atoms with Gasteiger partial charge in [0.05, 0.1) is 5.69 Å². The van der Waals surface area contributed by atoms with E-state index in [2.05, 4.69) is 32.9 Å². The van der Waals surface area contributed by atoms with Crippen LogP contribution in [0.2, 0.25) is 0 Å². The van der Waals surface area contributed by atoms with Crippen molar-refractivity contribution in [3.05, 3.63) is 89.1 Å². The van der Waals surface area contributed by atoms with Gasteiger partial charge in [0.2, 0.25) is 0 Å². The standard InChI is InChI=1S/C27H33NO3/c1-20(16-17-24-22(3)13-10-18-27(24,4)5)11-9-12-21(2)19-25(29)28(26(30)31)23-14-7-6-8-15-23/h6-9,11-12,14-17,19H,10,13,18H2,1-5H3,(H,30,31)/b12-9?,17-16?,20-11?,21-19-. The first-order valence-corrected chi connectivity index (χ1v) is 10.7. The van der Waals surface area contributed by atoms with E-state index in [1.807, 2.05) is 19.1 Å². The highest BCUT2D eigenvalue weighted by Gasteiger charge is 2.26. The van der Waals surface area contributed by atoms with Crippen LogP contribution in [0, 0.1) is 5.41 Å². The summed E-state index contributed by atoms with van der Waals surface area (Å²) in [6.45, 7) is 10.6. The van der Waals surface area contributed by atoms with Gasteiger partial charge < -0.3 is 5.11 Å². The van der Waals surface area contributed by atoms with Crippen molar-refractivity contribution in [3.8, 4) is 0 Å². The Morgan fingerprint density at radius 1 is 1.06 bits per heavy atom. The normalized spacial score (nSPS) is 17.5. The molecule has 0 saturated carbocycles. The SMILES string of the molecule is CC(C=CC1=C(C)CCCC1(C)C)=CC=C/C(C)=C\C(=O)N(C(=O)O)c1ccccc1. The van der Waals surface area contributed by atoms with Crippen molar-refractivity contribution in [2.75, 3.05) is 4.90 Å². The summed E-state index contributed by atoms with van der Waals surface area (Å²) in [5.74, 6) is -0.594. The molecule has 0 bridgehead atoms. The van der Waals surface area contributed by atoms with Gasteiger partial charge in [0.25, 0.3) is 5.91 Å². The molecule has 0 aliphatic heterocycles. The lowest BCUT2D eigenvalue weighted by Crippen LogP contribution is -2.34. The zero-order chi connectivity index (χ0) is 23.0. The number of nitrogens with zero attached hydrogens (tertiary/aromatic N) is 1. The van der Waals surface area contributed by atoms with Crippen molar-refractivity contribution in [1.82, 2.24) is 0 Å². The minimum atomic E-state index is -1.31. The van der Waals surface area contributed by atoms with E-state index in [4.69, 9.17) is 0 Å². The maximum Gasteiger partial charge on any atom is 0.419 e. The Morgan fingerprint density at radius 3 is 2.35 bits per heavy atom. The molecule has 1 N–H and O–H groups in total. The van der Waals surface area contributed by atoms with Crippen LogP contribution < -0.4 is 4.90 Å². The molecule has 0 heterocycles. The van der Waals surface area contributed by atoms with Gasteiger partial charge in [0.15, 0.2) is 0 Å². The highest BCUT2D eigenvalue weighted by atomic mass is 16.4. The lowest BCUT2D eigenvalue weighted by atomic mass is 9.72. The largest absolute Gasteiger partial charge is 0.464 e. The molecule has 0 saturated heterocycles. The summed E-state index contributed by atoms with van der Waals surface area (Å²) in [5.41, 5.74) is 5.20. The number of allylic oxidation sites excluding steroid dienone is 9. The number of carbonyl (C=O) groups excluding carboxylic acids is 1. The lowest BCUT2D eigenvalue weighted by Gasteiger charge is -2.32. The number of benzene rings is 1. The van der Waals surface area contributed by atoms with Gasteiger partial charge in [-0.3, -0.25) is 4.79 Å². The number of carbonyl (C=O) groups is 2. The van der Waals surface area contributed by atoms with Crippen LogP contribution in [0.4, 0.5) is 10.5 Å². The summed E-state index contributed by atoms with van der Waals surface area (Å²) in [6.07, 6.45) is 13.7. The van der Waals surface area contributed by atoms with E-state index in [1.165, 1.54) is 36.5 Å². The molecule has 31 heavy (non-hydrogen) atoms. The predicted molar refractivity (Wildman–Crippen MR) is 128 cm³/mol. The first-order chi connectivity index (χ1) is 14.6. The number of anilines is 1.